The molecule has 0 saturated heterocycles. The molecule has 0 radical (unpaired) electrons. The number of nitro benzene ring substituents is 1. The monoisotopic (exact) mass is 282 g/mol. The summed E-state index contributed by atoms with van der Waals surface area (Å²) in [7, 11) is 1.57. The lowest BCUT2D eigenvalue weighted by molar-refractivity contribution is -0.384. The van der Waals surface area contributed by atoms with Crippen LogP contribution in [0.1, 0.15) is 0 Å². The fourth-order valence-corrected chi connectivity index (χ4v) is 1.81. The van der Waals surface area contributed by atoms with E-state index in [0.29, 0.717) is 35.0 Å². The second-order valence-corrected chi connectivity index (χ2v) is 4.15. The van der Waals surface area contributed by atoms with Crippen LogP contribution in [-0.4, -0.2) is 30.2 Å². The largest absolute Gasteiger partial charge is 0.475 e. The summed E-state index contributed by atoms with van der Waals surface area (Å²) in [6.07, 6.45) is 0. The molecule has 0 aliphatic carbocycles. The van der Waals surface area contributed by atoms with Gasteiger partial charge in [-0.25, -0.2) is 4.98 Å². The van der Waals surface area contributed by atoms with Crippen LogP contribution in [-0.2, 0) is 4.74 Å². The molecule has 0 saturated carbocycles. The van der Waals surface area contributed by atoms with Gasteiger partial charge in [-0.2, -0.15) is 0 Å². The number of halogens is 1. The summed E-state index contributed by atoms with van der Waals surface area (Å²) < 4.78 is 10.2. The summed E-state index contributed by atoms with van der Waals surface area (Å²) in [6, 6.07) is 5.85. The van der Waals surface area contributed by atoms with E-state index in [4.69, 9.17) is 21.1 Å². The van der Waals surface area contributed by atoms with Gasteiger partial charge in [-0.1, -0.05) is 11.6 Å². The first-order valence-corrected chi connectivity index (χ1v) is 5.86. The lowest BCUT2D eigenvalue weighted by atomic mass is 10.2. The molecule has 0 aliphatic rings. The third-order valence-corrected chi connectivity index (χ3v) is 2.78. The summed E-state index contributed by atoms with van der Waals surface area (Å²) in [5.74, 6) is 0.364. The number of non-ortho nitro benzene ring substituents is 1. The van der Waals surface area contributed by atoms with Gasteiger partial charge in [0.1, 0.15) is 6.61 Å². The van der Waals surface area contributed by atoms with Crippen LogP contribution in [0.2, 0.25) is 5.02 Å². The zero-order chi connectivity index (χ0) is 13.8. The predicted octanol–water partition coefficient (Wildman–Crippen LogP) is 2.82. The standard InChI is InChI=1S/C12H11ClN2O4/c1-18-4-5-19-12-7-10(13)9-6-8(15(16)17)2-3-11(9)14-12/h2-3,6-7H,4-5H2,1H3. The summed E-state index contributed by atoms with van der Waals surface area (Å²) in [5, 5.41) is 11.6. The molecule has 7 heteroatoms. The number of hydrogen-bond donors (Lipinski definition) is 0. The van der Waals surface area contributed by atoms with Crippen molar-refractivity contribution in [1.82, 2.24) is 4.98 Å². The third kappa shape index (κ3) is 3.10. The molecule has 2 rings (SSSR count). The van der Waals surface area contributed by atoms with E-state index < -0.39 is 4.92 Å². The van der Waals surface area contributed by atoms with Gasteiger partial charge in [0.25, 0.3) is 5.69 Å². The zero-order valence-electron chi connectivity index (χ0n) is 10.1. The van der Waals surface area contributed by atoms with Gasteiger partial charge in [0.2, 0.25) is 5.88 Å². The van der Waals surface area contributed by atoms with Gasteiger partial charge < -0.3 is 9.47 Å². The maximum atomic E-state index is 10.7. The van der Waals surface area contributed by atoms with Gasteiger partial charge in [0.05, 0.1) is 22.1 Å². The number of hydrogen-bond acceptors (Lipinski definition) is 5. The minimum absolute atomic E-state index is 0.0238. The van der Waals surface area contributed by atoms with E-state index in [0.717, 1.165) is 0 Å². The Balaban J connectivity index is 2.36. The third-order valence-electron chi connectivity index (χ3n) is 2.47. The fourth-order valence-electron chi connectivity index (χ4n) is 1.57. The zero-order valence-corrected chi connectivity index (χ0v) is 10.9. The van der Waals surface area contributed by atoms with Crippen molar-refractivity contribution in [1.29, 1.82) is 0 Å². The molecular weight excluding hydrogens is 272 g/mol. The van der Waals surface area contributed by atoms with Gasteiger partial charge in [-0.15, -0.1) is 0 Å². The summed E-state index contributed by atoms with van der Waals surface area (Å²) in [4.78, 5) is 14.5. The van der Waals surface area contributed by atoms with Crippen LogP contribution in [0.3, 0.4) is 0 Å². The normalized spacial score (nSPS) is 10.6. The van der Waals surface area contributed by atoms with Crippen LogP contribution in [0.15, 0.2) is 24.3 Å². The average Bonchev–Trinajstić information content (AvgIpc) is 2.38. The number of fused-ring (bicyclic) bond motifs is 1. The van der Waals surface area contributed by atoms with Crippen molar-refractivity contribution in [3.8, 4) is 5.88 Å². The molecule has 0 atom stereocenters. The average molecular weight is 283 g/mol. The highest BCUT2D eigenvalue weighted by Crippen LogP contribution is 2.29. The van der Waals surface area contributed by atoms with E-state index in [9.17, 15) is 10.1 Å². The molecule has 0 amide bonds. The number of methoxy groups -OCH3 is 1. The second kappa shape index (κ2) is 5.81. The minimum Gasteiger partial charge on any atom is -0.475 e. The Hall–Kier alpha value is -1.92. The number of aromatic nitrogens is 1. The van der Waals surface area contributed by atoms with Crippen molar-refractivity contribution in [3.63, 3.8) is 0 Å². The SMILES string of the molecule is COCCOc1cc(Cl)c2cc([N+](=O)[O-])ccc2n1. The molecule has 0 unspecified atom stereocenters. The molecule has 100 valence electrons. The first-order chi connectivity index (χ1) is 9.11. The number of benzene rings is 1. The van der Waals surface area contributed by atoms with Crippen molar-refractivity contribution < 1.29 is 14.4 Å². The Labute approximate surface area is 114 Å². The lowest BCUT2D eigenvalue weighted by Crippen LogP contribution is -2.05. The molecular formula is C12H11ClN2O4. The lowest BCUT2D eigenvalue weighted by Gasteiger charge is -2.07. The van der Waals surface area contributed by atoms with Gasteiger partial charge in [-0.05, 0) is 6.07 Å². The van der Waals surface area contributed by atoms with Gasteiger partial charge >= 0.3 is 0 Å². The smallest absolute Gasteiger partial charge is 0.270 e. The number of ether oxygens (including phenoxy) is 2. The fraction of sp³-hybridized carbons (Fsp3) is 0.250. The number of pyridine rings is 1. The first-order valence-electron chi connectivity index (χ1n) is 5.48. The minimum atomic E-state index is -0.473. The maximum Gasteiger partial charge on any atom is 0.270 e. The predicted molar refractivity (Wildman–Crippen MR) is 70.8 cm³/mol. The first kappa shape index (κ1) is 13.5. The van der Waals surface area contributed by atoms with Gasteiger partial charge in [0.15, 0.2) is 0 Å². The molecule has 0 aliphatic heterocycles. The van der Waals surface area contributed by atoms with E-state index in [1.54, 1.807) is 13.2 Å². The Morgan fingerprint density at radius 2 is 2.16 bits per heavy atom. The summed E-state index contributed by atoms with van der Waals surface area (Å²) >= 11 is 6.08. The van der Waals surface area contributed by atoms with Crippen LogP contribution < -0.4 is 4.74 Å². The molecule has 0 fully saturated rings. The topological polar surface area (TPSA) is 74.5 Å². The van der Waals surface area contributed by atoms with Crippen molar-refractivity contribution in [3.05, 3.63) is 39.4 Å². The quantitative estimate of drug-likeness (QED) is 0.479. The van der Waals surface area contributed by atoms with Crippen LogP contribution in [0, 0.1) is 10.1 Å². The van der Waals surface area contributed by atoms with E-state index in [1.807, 2.05) is 0 Å². The molecule has 6 nitrogen and oxygen atoms in total. The molecule has 1 aromatic heterocycles. The molecule has 0 N–H and O–H groups in total. The molecule has 2 aromatic rings. The van der Waals surface area contributed by atoms with Crippen molar-refractivity contribution >= 4 is 28.2 Å². The Bertz CT molecular complexity index is 618. The van der Waals surface area contributed by atoms with E-state index >= 15 is 0 Å². The highest BCUT2D eigenvalue weighted by Gasteiger charge is 2.11. The molecule has 19 heavy (non-hydrogen) atoms. The molecule has 1 heterocycles. The number of nitrogens with zero attached hydrogens (tertiary/aromatic N) is 2. The molecule has 0 bridgehead atoms. The van der Waals surface area contributed by atoms with Crippen LogP contribution in [0.4, 0.5) is 5.69 Å². The summed E-state index contributed by atoms with van der Waals surface area (Å²) in [5.41, 5.74) is 0.523. The van der Waals surface area contributed by atoms with E-state index in [-0.39, 0.29) is 5.69 Å². The van der Waals surface area contributed by atoms with Crippen LogP contribution in [0.25, 0.3) is 10.9 Å². The van der Waals surface area contributed by atoms with E-state index in [1.165, 1.54) is 18.2 Å². The number of nitro groups is 1. The Kier molecular flexibility index (Phi) is 4.13. The van der Waals surface area contributed by atoms with Crippen LogP contribution in [0.5, 0.6) is 5.88 Å². The summed E-state index contributed by atoms with van der Waals surface area (Å²) in [6.45, 7) is 0.802. The highest BCUT2D eigenvalue weighted by molar-refractivity contribution is 6.35. The highest BCUT2D eigenvalue weighted by atomic mass is 35.5. The van der Waals surface area contributed by atoms with Crippen molar-refractivity contribution in [2.45, 2.75) is 0 Å². The Morgan fingerprint density at radius 1 is 1.37 bits per heavy atom. The number of rotatable bonds is 5. The molecule has 1 aromatic carbocycles. The van der Waals surface area contributed by atoms with Gasteiger partial charge in [0, 0.05) is 30.7 Å². The second-order valence-electron chi connectivity index (χ2n) is 3.74. The van der Waals surface area contributed by atoms with Crippen molar-refractivity contribution in [2.75, 3.05) is 20.3 Å². The van der Waals surface area contributed by atoms with Gasteiger partial charge in [-0.3, -0.25) is 10.1 Å². The maximum absolute atomic E-state index is 10.7. The molecule has 0 spiro atoms. The van der Waals surface area contributed by atoms with Crippen LogP contribution >= 0.6 is 11.6 Å². The van der Waals surface area contributed by atoms with Crippen molar-refractivity contribution in [2.24, 2.45) is 0 Å². The van der Waals surface area contributed by atoms with E-state index in [2.05, 4.69) is 4.98 Å². The Morgan fingerprint density at radius 3 is 2.84 bits per heavy atom.